The minimum atomic E-state index is -0.286. The van der Waals surface area contributed by atoms with E-state index in [1.165, 1.54) is 0 Å². The zero-order chi connectivity index (χ0) is 20.9. The van der Waals surface area contributed by atoms with Crippen LogP contribution in [0.15, 0.2) is 66.9 Å². The van der Waals surface area contributed by atoms with Gasteiger partial charge in [-0.15, -0.1) is 0 Å². The number of para-hydroxylation sites is 1. The highest BCUT2D eigenvalue weighted by atomic mass is 16.5. The zero-order valence-electron chi connectivity index (χ0n) is 17.1. The molecule has 1 N–H and O–H groups in total. The molecule has 0 saturated carbocycles. The molecular formula is C24H27N3O3. The summed E-state index contributed by atoms with van der Waals surface area (Å²) in [7, 11) is 1.82. The van der Waals surface area contributed by atoms with E-state index in [1.54, 1.807) is 17.2 Å². The van der Waals surface area contributed by atoms with Crippen LogP contribution >= 0.6 is 0 Å². The molecule has 0 spiro atoms. The molecule has 2 aromatic carbocycles. The van der Waals surface area contributed by atoms with E-state index in [0.717, 1.165) is 29.4 Å². The molecule has 0 radical (unpaired) electrons. The number of pyridine rings is 1. The maximum Gasteiger partial charge on any atom is 0.260 e. The Kier molecular flexibility index (Phi) is 6.26. The van der Waals surface area contributed by atoms with Gasteiger partial charge >= 0.3 is 0 Å². The lowest BCUT2D eigenvalue weighted by Crippen LogP contribution is -2.40. The summed E-state index contributed by atoms with van der Waals surface area (Å²) in [6.45, 7) is 2.12. The van der Waals surface area contributed by atoms with Gasteiger partial charge in [-0.1, -0.05) is 42.5 Å². The van der Waals surface area contributed by atoms with E-state index >= 15 is 0 Å². The number of aliphatic hydroxyl groups excluding tert-OH is 1. The van der Waals surface area contributed by atoms with Gasteiger partial charge in [-0.05, 0) is 30.2 Å². The van der Waals surface area contributed by atoms with Gasteiger partial charge in [-0.25, -0.2) is 0 Å². The van der Waals surface area contributed by atoms with Gasteiger partial charge in [-0.2, -0.15) is 0 Å². The van der Waals surface area contributed by atoms with Crippen LogP contribution in [0, 0.1) is 0 Å². The average molecular weight is 405 g/mol. The van der Waals surface area contributed by atoms with E-state index in [4.69, 9.17) is 4.74 Å². The molecular weight excluding hydrogens is 378 g/mol. The first-order chi connectivity index (χ1) is 14.6. The normalized spacial score (nSPS) is 17.7. The summed E-state index contributed by atoms with van der Waals surface area (Å²) in [6.07, 6.45) is 2.18. The number of likely N-dealkylation sites (N-methyl/N-ethyl adjacent to an activating group) is 1. The highest BCUT2D eigenvalue weighted by Crippen LogP contribution is 2.25. The molecule has 1 aromatic heterocycles. The fourth-order valence-corrected chi connectivity index (χ4v) is 3.96. The highest BCUT2D eigenvalue weighted by molar-refractivity contribution is 5.85. The van der Waals surface area contributed by atoms with Crippen LogP contribution in [0.1, 0.15) is 18.0 Å². The van der Waals surface area contributed by atoms with Gasteiger partial charge in [0.2, 0.25) is 0 Å². The van der Waals surface area contributed by atoms with Gasteiger partial charge in [0.15, 0.2) is 6.61 Å². The second-order valence-electron chi connectivity index (χ2n) is 7.75. The summed E-state index contributed by atoms with van der Waals surface area (Å²) in [5.74, 6) is 0.561. The minimum absolute atomic E-state index is 0.0452. The molecule has 30 heavy (non-hydrogen) atoms. The number of carbonyl (C=O) groups excluding carboxylic acids is 1. The van der Waals surface area contributed by atoms with E-state index in [9.17, 15) is 9.90 Å². The highest BCUT2D eigenvalue weighted by Gasteiger charge is 2.28. The van der Waals surface area contributed by atoms with Crippen molar-refractivity contribution in [2.45, 2.75) is 18.6 Å². The second kappa shape index (κ2) is 9.24. The molecule has 1 aliphatic rings. The summed E-state index contributed by atoms with van der Waals surface area (Å²) in [5, 5.41) is 10.8. The number of hydrogen-bond donors (Lipinski definition) is 1. The number of β-amino-alcohol motifs (C(OH)–C–C–N with tert-alkyl or cyclic N) is 1. The molecule has 1 unspecified atom stereocenters. The molecule has 6 nitrogen and oxygen atoms in total. The van der Waals surface area contributed by atoms with Crippen LogP contribution in [-0.4, -0.2) is 65.2 Å². The van der Waals surface area contributed by atoms with Gasteiger partial charge in [0.25, 0.3) is 5.91 Å². The lowest BCUT2D eigenvalue weighted by atomic mass is 10.0. The largest absolute Gasteiger partial charge is 0.483 e. The van der Waals surface area contributed by atoms with E-state index in [1.807, 2.05) is 61.6 Å². The SMILES string of the molecule is CN(C(=O)COc1ccnc2ccccc12)C(CN1CC[C@H](O)C1)c1ccccc1. The smallest absolute Gasteiger partial charge is 0.260 e. The van der Waals surface area contributed by atoms with E-state index in [-0.39, 0.29) is 24.7 Å². The molecule has 1 saturated heterocycles. The van der Waals surface area contributed by atoms with Crippen LogP contribution in [0.2, 0.25) is 0 Å². The molecule has 1 aliphatic heterocycles. The number of rotatable bonds is 7. The van der Waals surface area contributed by atoms with E-state index < -0.39 is 0 Å². The summed E-state index contributed by atoms with van der Waals surface area (Å²) >= 11 is 0. The van der Waals surface area contributed by atoms with Crippen molar-refractivity contribution in [1.29, 1.82) is 0 Å². The Morgan fingerprint density at radius 1 is 1.20 bits per heavy atom. The Hall–Kier alpha value is -2.96. The van der Waals surface area contributed by atoms with Gasteiger partial charge in [0.1, 0.15) is 5.75 Å². The molecule has 6 heteroatoms. The topological polar surface area (TPSA) is 65.9 Å². The van der Waals surface area contributed by atoms with Gasteiger partial charge in [0.05, 0.1) is 17.7 Å². The quantitative estimate of drug-likeness (QED) is 0.655. The third kappa shape index (κ3) is 4.61. The fraction of sp³-hybridized carbons (Fsp3) is 0.333. The molecule has 0 bridgehead atoms. The lowest BCUT2D eigenvalue weighted by Gasteiger charge is -2.32. The Morgan fingerprint density at radius 2 is 1.97 bits per heavy atom. The Labute approximate surface area is 176 Å². The molecule has 4 rings (SSSR count). The van der Waals surface area contributed by atoms with Crippen molar-refractivity contribution in [3.05, 3.63) is 72.4 Å². The lowest BCUT2D eigenvalue weighted by molar-refractivity contribution is -0.134. The third-order valence-corrected chi connectivity index (χ3v) is 5.68. The average Bonchev–Trinajstić information content (AvgIpc) is 3.20. The maximum atomic E-state index is 13.0. The number of aliphatic hydroxyl groups is 1. The number of fused-ring (bicyclic) bond motifs is 1. The number of nitrogens with zero attached hydrogens (tertiary/aromatic N) is 3. The van der Waals surface area contributed by atoms with E-state index in [0.29, 0.717) is 18.8 Å². The molecule has 2 heterocycles. The molecule has 0 aliphatic carbocycles. The van der Waals surface area contributed by atoms with Crippen molar-refractivity contribution in [1.82, 2.24) is 14.8 Å². The van der Waals surface area contributed by atoms with Crippen LogP contribution in [-0.2, 0) is 4.79 Å². The monoisotopic (exact) mass is 405 g/mol. The summed E-state index contributed by atoms with van der Waals surface area (Å²) < 4.78 is 5.89. The van der Waals surface area contributed by atoms with Crippen LogP contribution in [0.4, 0.5) is 0 Å². The predicted octanol–water partition coefficient (Wildman–Crippen LogP) is 2.88. The van der Waals surface area contributed by atoms with Gasteiger partial charge in [-0.3, -0.25) is 14.7 Å². The number of ether oxygens (including phenoxy) is 1. The van der Waals surface area contributed by atoms with Gasteiger partial charge < -0.3 is 14.7 Å². The number of hydrogen-bond acceptors (Lipinski definition) is 5. The minimum Gasteiger partial charge on any atom is -0.483 e. The Bertz CT molecular complexity index is 990. The van der Waals surface area contributed by atoms with Crippen LogP contribution < -0.4 is 4.74 Å². The number of amides is 1. The first-order valence-corrected chi connectivity index (χ1v) is 10.3. The first kappa shape index (κ1) is 20.3. The van der Waals surface area contributed by atoms with Crippen molar-refractivity contribution < 1.29 is 14.6 Å². The summed E-state index contributed by atoms with van der Waals surface area (Å²) in [5.41, 5.74) is 1.91. The molecule has 3 aromatic rings. The predicted molar refractivity (Wildman–Crippen MR) is 116 cm³/mol. The van der Waals surface area contributed by atoms with Crippen LogP contribution in [0.5, 0.6) is 5.75 Å². The third-order valence-electron chi connectivity index (χ3n) is 5.68. The second-order valence-corrected chi connectivity index (χ2v) is 7.75. The van der Waals surface area contributed by atoms with E-state index in [2.05, 4.69) is 9.88 Å². The number of likely N-dealkylation sites (tertiary alicyclic amines) is 1. The van der Waals surface area contributed by atoms with Gasteiger partial charge in [0, 0.05) is 38.3 Å². The fourth-order valence-electron chi connectivity index (χ4n) is 3.96. The van der Waals surface area contributed by atoms with Crippen molar-refractivity contribution in [2.24, 2.45) is 0 Å². The standard InChI is InChI=1S/C24H27N3O3/c1-26(22(18-7-3-2-4-8-18)16-27-14-12-19(28)15-27)24(29)17-30-23-11-13-25-21-10-6-5-9-20(21)23/h2-11,13,19,22,28H,12,14-17H2,1H3/t19-,22?/m0/s1. The Balaban J connectivity index is 1.47. The van der Waals surface area contributed by atoms with Crippen molar-refractivity contribution in [2.75, 3.05) is 33.3 Å². The summed E-state index contributed by atoms with van der Waals surface area (Å²) in [4.78, 5) is 21.3. The van der Waals surface area contributed by atoms with Crippen molar-refractivity contribution >= 4 is 16.8 Å². The molecule has 1 amide bonds. The molecule has 156 valence electrons. The number of benzene rings is 2. The van der Waals surface area contributed by atoms with Crippen LogP contribution in [0.25, 0.3) is 10.9 Å². The number of carbonyl (C=O) groups is 1. The van der Waals surface area contributed by atoms with Crippen molar-refractivity contribution in [3.63, 3.8) is 0 Å². The maximum absolute atomic E-state index is 13.0. The first-order valence-electron chi connectivity index (χ1n) is 10.3. The van der Waals surface area contributed by atoms with Crippen molar-refractivity contribution in [3.8, 4) is 5.75 Å². The molecule has 1 fully saturated rings. The number of aromatic nitrogens is 1. The zero-order valence-corrected chi connectivity index (χ0v) is 17.1. The molecule has 2 atom stereocenters. The summed E-state index contributed by atoms with van der Waals surface area (Å²) in [6, 6.07) is 19.4. The Morgan fingerprint density at radius 3 is 2.73 bits per heavy atom. The van der Waals surface area contributed by atoms with Crippen LogP contribution in [0.3, 0.4) is 0 Å².